The summed E-state index contributed by atoms with van der Waals surface area (Å²) in [4.78, 5) is 1.70. The molecule has 1 aliphatic rings. The van der Waals surface area contributed by atoms with Gasteiger partial charge in [0.05, 0.1) is 4.90 Å². The summed E-state index contributed by atoms with van der Waals surface area (Å²) in [6, 6.07) is 11.4. The van der Waals surface area contributed by atoms with E-state index >= 15 is 0 Å². The molecule has 0 saturated carbocycles. The zero-order chi connectivity index (χ0) is 15.4. The molecule has 118 valence electrons. The zero-order valence-electron chi connectivity index (χ0n) is 12.4. The average molecular weight is 336 g/mol. The summed E-state index contributed by atoms with van der Waals surface area (Å²) in [6.45, 7) is 2.87. The Hall–Kier alpha value is -1.21. The Kier molecular flexibility index (Phi) is 4.93. The SMILES string of the molecule is O=S(=O)(c1ccc(CNCc2cccs2)cc1)N1CCCC1. The third-order valence-corrected chi connectivity index (χ3v) is 6.62. The lowest BCUT2D eigenvalue weighted by Crippen LogP contribution is -2.27. The Morgan fingerprint density at radius 1 is 1.05 bits per heavy atom. The van der Waals surface area contributed by atoms with Crippen LogP contribution in [0.5, 0.6) is 0 Å². The number of sulfonamides is 1. The number of hydrogen-bond donors (Lipinski definition) is 1. The van der Waals surface area contributed by atoms with Crippen molar-refractivity contribution in [1.29, 1.82) is 0 Å². The smallest absolute Gasteiger partial charge is 0.243 e. The summed E-state index contributed by atoms with van der Waals surface area (Å²) in [6.07, 6.45) is 1.92. The lowest BCUT2D eigenvalue weighted by molar-refractivity contribution is 0.477. The molecule has 0 radical (unpaired) electrons. The molecule has 2 aromatic rings. The monoisotopic (exact) mass is 336 g/mol. The van der Waals surface area contributed by atoms with Crippen molar-refractivity contribution in [3.05, 3.63) is 52.2 Å². The van der Waals surface area contributed by atoms with E-state index in [9.17, 15) is 8.42 Å². The normalized spacial score (nSPS) is 16.2. The molecular weight excluding hydrogens is 316 g/mol. The van der Waals surface area contributed by atoms with Crippen LogP contribution in [0.2, 0.25) is 0 Å². The molecule has 3 rings (SSSR count). The van der Waals surface area contributed by atoms with Gasteiger partial charge in [-0.2, -0.15) is 4.31 Å². The van der Waals surface area contributed by atoms with E-state index in [4.69, 9.17) is 0 Å². The van der Waals surface area contributed by atoms with Gasteiger partial charge in [0.1, 0.15) is 0 Å². The van der Waals surface area contributed by atoms with Gasteiger partial charge in [0.2, 0.25) is 10.0 Å². The molecule has 0 aliphatic carbocycles. The van der Waals surface area contributed by atoms with E-state index in [1.54, 1.807) is 27.8 Å². The fourth-order valence-corrected chi connectivity index (χ4v) is 4.79. The molecule has 1 aliphatic heterocycles. The van der Waals surface area contributed by atoms with Crippen molar-refractivity contribution in [2.24, 2.45) is 0 Å². The third-order valence-electron chi connectivity index (χ3n) is 3.83. The van der Waals surface area contributed by atoms with Crippen molar-refractivity contribution in [2.75, 3.05) is 13.1 Å². The molecule has 0 unspecified atom stereocenters. The van der Waals surface area contributed by atoms with Crippen LogP contribution < -0.4 is 5.32 Å². The maximum absolute atomic E-state index is 12.4. The molecule has 22 heavy (non-hydrogen) atoms. The van der Waals surface area contributed by atoms with E-state index in [-0.39, 0.29) is 0 Å². The molecule has 2 heterocycles. The van der Waals surface area contributed by atoms with Crippen molar-refractivity contribution in [3.8, 4) is 0 Å². The molecule has 0 amide bonds. The topological polar surface area (TPSA) is 49.4 Å². The highest BCUT2D eigenvalue weighted by Crippen LogP contribution is 2.21. The van der Waals surface area contributed by atoms with E-state index < -0.39 is 10.0 Å². The number of nitrogens with zero attached hydrogens (tertiary/aromatic N) is 1. The lowest BCUT2D eigenvalue weighted by atomic mass is 10.2. The van der Waals surface area contributed by atoms with Gasteiger partial charge in [-0.3, -0.25) is 0 Å². The van der Waals surface area contributed by atoms with E-state index in [1.165, 1.54) is 4.88 Å². The third kappa shape index (κ3) is 3.57. The van der Waals surface area contributed by atoms with Gasteiger partial charge in [0, 0.05) is 31.1 Å². The molecule has 0 bridgehead atoms. The summed E-state index contributed by atoms with van der Waals surface area (Å²) in [7, 11) is -3.30. The minimum absolute atomic E-state index is 0.399. The highest BCUT2D eigenvalue weighted by atomic mass is 32.2. The van der Waals surface area contributed by atoms with Crippen molar-refractivity contribution in [1.82, 2.24) is 9.62 Å². The number of rotatable bonds is 6. The number of hydrogen-bond acceptors (Lipinski definition) is 4. The predicted octanol–water partition coefficient (Wildman–Crippen LogP) is 2.82. The van der Waals surface area contributed by atoms with Crippen LogP contribution in [-0.4, -0.2) is 25.8 Å². The van der Waals surface area contributed by atoms with Gasteiger partial charge in [0.15, 0.2) is 0 Å². The van der Waals surface area contributed by atoms with Crippen LogP contribution in [0.25, 0.3) is 0 Å². The molecule has 1 fully saturated rings. The second kappa shape index (κ2) is 6.91. The first-order chi connectivity index (χ1) is 10.7. The largest absolute Gasteiger partial charge is 0.308 e. The maximum Gasteiger partial charge on any atom is 0.243 e. The average Bonchev–Trinajstić information content (AvgIpc) is 3.21. The van der Waals surface area contributed by atoms with Crippen molar-refractivity contribution >= 4 is 21.4 Å². The zero-order valence-corrected chi connectivity index (χ0v) is 14.0. The Morgan fingerprint density at radius 3 is 2.41 bits per heavy atom. The summed E-state index contributed by atoms with van der Waals surface area (Å²) >= 11 is 1.73. The summed E-state index contributed by atoms with van der Waals surface area (Å²) in [5.74, 6) is 0. The minimum atomic E-state index is -3.30. The van der Waals surface area contributed by atoms with Gasteiger partial charge < -0.3 is 5.32 Å². The van der Waals surface area contributed by atoms with Gasteiger partial charge in [-0.05, 0) is 42.0 Å². The van der Waals surface area contributed by atoms with Crippen molar-refractivity contribution < 1.29 is 8.42 Å². The molecule has 1 aromatic heterocycles. The minimum Gasteiger partial charge on any atom is -0.308 e. The molecule has 1 aromatic carbocycles. The first kappa shape index (κ1) is 15.7. The van der Waals surface area contributed by atoms with E-state index in [1.807, 2.05) is 18.2 Å². The second-order valence-electron chi connectivity index (χ2n) is 5.44. The molecule has 4 nitrogen and oxygen atoms in total. The highest BCUT2D eigenvalue weighted by Gasteiger charge is 2.26. The van der Waals surface area contributed by atoms with Crippen LogP contribution in [0.1, 0.15) is 23.3 Å². The lowest BCUT2D eigenvalue weighted by Gasteiger charge is -2.15. The molecule has 6 heteroatoms. The maximum atomic E-state index is 12.4. The van der Waals surface area contributed by atoms with E-state index in [2.05, 4.69) is 16.8 Å². The van der Waals surface area contributed by atoms with Crippen LogP contribution in [0, 0.1) is 0 Å². The Balaban J connectivity index is 1.60. The number of nitrogens with one attached hydrogen (secondary N) is 1. The molecule has 1 N–H and O–H groups in total. The van der Waals surface area contributed by atoms with E-state index in [0.29, 0.717) is 18.0 Å². The van der Waals surface area contributed by atoms with Gasteiger partial charge >= 0.3 is 0 Å². The fraction of sp³-hybridized carbons (Fsp3) is 0.375. The fourth-order valence-electron chi connectivity index (χ4n) is 2.60. The standard InChI is InChI=1S/C16H20N2O2S2/c19-22(20,18-9-1-2-10-18)16-7-5-14(6-8-16)12-17-13-15-4-3-11-21-15/h3-8,11,17H,1-2,9-10,12-13H2. The quantitative estimate of drug-likeness (QED) is 0.882. The van der Waals surface area contributed by atoms with Gasteiger partial charge in [0.25, 0.3) is 0 Å². The second-order valence-corrected chi connectivity index (χ2v) is 8.41. The molecular formula is C16H20N2O2S2. The van der Waals surface area contributed by atoms with Gasteiger partial charge in [-0.15, -0.1) is 11.3 Å². The first-order valence-electron chi connectivity index (χ1n) is 7.48. The van der Waals surface area contributed by atoms with Crippen LogP contribution in [0.15, 0.2) is 46.7 Å². The molecule has 0 spiro atoms. The summed E-state index contributed by atoms with van der Waals surface area (Å²) in [5.41, 5.74) is 1.09. The van der Waals surface area contributed by atoms with Crippen LogP contribution in [0.3, 0.4) is 0 Å². The van der Waals surface area contributed by atoms with Gasteiger partial charge in [-0.1, -0.05) is 18.2 Å². The molecule has 0 atom stereocenters. The predicted molar refractivity (Wildman–Crippen MR) is 89.3 cm³/mol. The first-order valence-corrected chi connectivity index (χ1v) is 9.80. The highest BCUT2D eigenvalue weighted by molar-refractivity contribution is 7.89. The van der Waals surface area contributed by atoms with Crippen molar-refractivity contribution in [2.45, 2.75) is 30.8 Å². The number of thiophene rings is 1. The van der Waals surface area contributed by atoms with Crippen LogP contribution >= 0.6 is 11.3 Å². The Bertz CT molecular complexity index is 688. The summed E-state index contributed by atoms with van der Waals surface area (Å²) in [5, 5.41) is 5.43. The van der Waals surface area contributed by atoms with Crippen LogP contribution in [0.4, 0.5) is 0 Å². The van der Waals surface area contributed by atoms with E-state index in [0.717, 1.165) is 31.5 Å². The van der Waals surface area contributed by atoms with Crippen molar-refractivity contribution in [3.63, 3.8) is 0 Å². The Labute approximate surface area is 135 Å². The number of benzene rings is 1. The molecule has 1 saturated heterocycles. The summed E-state index contributed by atoms with van der Waals surface area (Å²) < 4.78 is 26.4. The van der Waals surface area contributed by atoms with Gasteiger partial charge in [-0.25, -0.2) is 8.42 Å². The Morgan fingerprint density at radius 2 is 1.77 bits per heavy atom. The van der Waals surface area contributed by atoms with Crippen LogP contribution in [-0.2, 0) is 23.1 Å².